The molecule has 96 valence electrons. The number of benzene rings is 1. The summed E-state index contributed by atoms with van der Waals surface area (Å²) in [4.78, 5) is 11.4. The van der Waals surface area contributed by atoms with Crippen molar-refractivity contribution >= 4 is 13.3 Å². The van der Waals surface area contributed by atoms with Crippen molar-refractivity contribution in [2.45, 2.75) is 6.18 Å². The zero-order valence-corrected chi connectivity index (χ0v) is 8.75. The minimum Gasteiger partial charge on any atom is -0.501 e. The molecule has 0 spiro atoms. The first-order valence-corrected chi connectivity index (χ1v) is 4.64. The Kier molecular flexibility index (Phi) is 4.46. The molecule has 0 saturated heterocycles. The van der Waals surface area contributed by atoms with Crippen LogP contribution in [-0.4, -0.2) is 19.4 Å². The molecule has 2 nitrogen and oxygen atoms in total. The molecular weight excluding hydrogens is 258 g/mol. The van der Waals surface area contributed by atoms with Crippen molar-refractivity contribution in [1.82, 2.24) is 0 Å². The molecular formula is C10H6BF5O2. The summed E-state index contributed by atoms with van der Waals surface area (Å²) in [6.45, 7) is 0. The molecule has 0 aliphatic rings. The second kappa shape index (κ2) is 5.66. The van der Waals surface area contributed by atoms with Crippen LogP contribution in [0.25, 0.3) is 0 Å². The maximum absolute atomic E-state index is 12.3. The van der Waals surface area contributed by atoms with E-state index in [9.17, 15) is 26.6 Å². The van der Waals surface area contributed by atoms with Gasteiger partial charge in [0.15, 0.2) is 11.5 Å². The van der Waals surface area contributed by atoms with Crippen molar-refractivity contribution in [3.63, 3.8) is 0 Å². The van der Waals surface area contributed by atoms with Crippen LogP contribution < -0.4 is 0 Å². The molecule has 0 aliphatic carbocycles. The third-order valence-electron chi connectivity index (χ3n) is 1.82. The van der Waals surface area contributed by atoms with Gasteiger partial charge in [-0.3, -0.25) is 4.79 Å². The Morgan fingerprint density at radius 3 is 2.17 bits per heavy atom. The topological polar surface area (TPSA) is 26.3 Å². The highest BCUT2D eigenvalue weighted by Crippen LogP contribution is 2.27. The molecule has 0 amide bonds. The van der Waals surface area contributed by atoms with Gasteiger partial charge in [0.2, 0.25) is 0 Å². The van der Waals surface area contributed by atoms with Gasteiger partial charge in [0.05, 0.1) is 0 Å². The molecule has 0 aliphatic heterocycles. The largest absolute Gasteiger partial charge is 0.796 e. The summed E-state index contributed by atoms with van der Waals surface area (Å²) in [5, 5.41) is 0. The smallest absolute Gasteiger partial charge is 0.501 e. The first-order valence-electron chi connectivity index (χ1n) is 4.64. The Labute approximate surface area is 99.3 Å². The number of allylic oxidation sites excluding steroid dienone is 2. The van der Waals surface area contributed by atoms with Crippen LogP contribution in [0.15, 0.2) is 42.2 Å². The normalized spacial score (nSPS) is 12.2. The van der Waals surface area contributed by atoms with E-state index in [0.717, 1.165) is 0 Å². The summed E-state index contributed by atoms with van der Waals surface area (Å²) in [6.07, 6.45) is -5.15. The molecule has 0 radical (unpaired) electrons. The predicted molar refractivity (Wildman–Crippen MR) is 54.0 cm³/mol. The lowest BCUT2D eigenvalue weighted by atomic mass is 10.1. The first-order chi connectivity index (χ1) is 8.30. The number of carbonyl (C=O) groups is 1. The van der Waals surface area contributed by atoms with E-state index in [1.54, 1.807) is 6.07 Å². The summed E-state index contributed by atoms with van der Waals surface area (Å²) >= 11 is 0. The fourth-order valence-corrected chi connectivity index (χ4v) is 1.08. The van der Waals surface area contributed by atoms with Gasteiger partial charge in [-0.2, -0.15) is 13.2 Å². The molecule has 0 fully saturated rings. The molecule has 0 N–H and O–H groups in total. The van der Waals surface area contributed by atoms with Crippen molar-refractivity contribution in [2.75, 3.05) is 0 Å². The summed E-state index contributed by atoms with van der Waals surface area (Å²) < 4.78 is 63.7. The van der Waals surface area contributed by atoms with Gasteiger partial charge >= 0.3 is 13.6 Å². The molecule has 0 aromatic heterocycles. The highest BCUT2D eigenvalue weighted by Gasteiger charge is 2.40. The zero-order chi connectivity index (χ0) is 13.8. The van der Waals surface area contributed by atoms with Gasteiger partial charge < -0.3 is 4.65 Å². The third-order valence-corrected chi connectivity index (χ3v) is 1.82. The molecule has 18 heavy (non-hydrogen) atoms. The SMILES string of the molecule is O=C(/C=C(/OB(F)F)C(F)(F)F)c1ccccc1. The third kappa shape index (κ3) is 4.19. The second-order valence-corrected chi connectivity index (χ2v) is 3.12. The van der Waals surface area contributed by atoms with Crippen molar-refractivity contribution in [1.29, 1.82) is 0 Å². The van der Waals surface area contributed by atoms with Crippen molar-refractivity contribution in [2.24, 2.45) is 0 Å². The average Bonchev–Trinajstić information content (AvgIpc) is 2.27. The quantitative estimate of drug-likeness (QED) is 0.274. The number of rotatable bonds is 4. The number of carbonyl (C=O) groups excluding carboxylic acids is 1. The van der Waals surface area contributed by atoms with Crippen LogP contribution in [0, 0.1) is 0 Å². The summed E-state index contributed by atoms with van der Waals surface area (Å²) in [7, 11) is -3.65. The number of hydrogen-bond acceptors (Lipinski definition) is 2. The van der Waals surface area contributed by atoms with Crippen molar-refractivity contribution in [3.05, 3.63) is 47.7 Å². The van der Waals surface area contributed by atoms with Crippen LogP contribution in [0.3, 0.4) is 0 Å². The van der Waals surface area contributed by atoms with Gasteiger partial charge in [0.1, 0.15) is 0 Å². The molecule has 8 heteroatoms. The van der Waals surface area contributed by atoms with Crippen LogP contribution in [0.4, 0.5) is 21.8 Å². The van der Waals surface area contributed by atoms with E-state index >= 15 is 0 Å². The van der Waals surface area contributed by atoms with E-state index in [4.69, 9.17) is 0 Å². The van der Waals surface area contributed by atoms with Gasteiger partial charge in [0.25, 0.3) is 0 Å². The summed E-state index contributed by atoms with van der Waals surface area (Å²) in [5.41, 5.74) is -0.0582. The number of hydrogen-bond donors (Lipinski definition) is 0. The maximum atomic E-state index is 12.3. The van der Waals surface area contributed by atoms with Crippen LogP contribution in [0.5, 0.6) is 0 Å². The average molecular weight is 264 g/mol. The minimum atomic E-state index is -5.15. The van der Waals surface area contributed by atoms with E-state index in [1.165, 1.54) is 24.3 Å². The molecule has 0 heterocycles. The molecule has 0 atom stereocenters. The molecule has 1 aromatic carbocycles. The van der Waals surface area contributed by atoms with Gasteiger partial charge in [-0.05, 0) is 0 Å². The monoisotopic (exact) mass is 264 g/mol. The standard InChI is InChI=1S/C10H6BF5O2/c12-10(13,14)9(18-11(15)16)6-8(17)7-4-2-1-3-5-7/h1-6H/b9-6+. The van der Waals surface area contributed by atoms with Gasteiger partial charge in [-0.25, -0.2) is 8.63 Å². The summed E-state index contributed by atoms with van der Waals surface area (Å²) in [5.74, 6) is -3.09. The number of ketones is 1. The van der Waals surface area contributed by atoms with E-state index in [2.05, 4.69) is 4.65 Å². The predicted octanol–water partition coefficient (Wildman–Crippen LogP) is 3.26. The molecule has 0 saturated carbocycles. The van der Waals surface area contributed by atoms with E-state index in [0.29, 0.717) is 0 Å². The van der Waals surface area contributed by atoms with Crippen LogP contribution in [-0.2, 0) is 4.65 Å². The number of halogens is 5. The number of alkyl halides is 3. The van der Waals surface area contributed by atoms with Crippen LogP contribution in [0.1, 0.15) is 10.4 Å². The molecule has 0 bridgehead atoms. The molecule has 0 unspecified atom stereocenters. The Morgan fingerprint density at radius 2 is 1.72 bits per heavy atom. The van der Waals surface area contributed by atoms with Crippen molar-refractivity contribution in [3.8, 4) is 0 Å². The lowest BCUT2D eigenvalue weighted by Gasteiger charge is -2.11. The van der Waals surface area contributed by atoms with Crippen molar-refractivity contribution < 1.29 is 31.3 Å². The first kappa shape index (κ1) is 14.2. The van der Waals surface area contributed by atoms with E-state index in [-0.39, 0.29) is 11.6 Å². The van der Waals surface area contributed by atoms with Crippen LogP contribution in [0.2, 0.25) is 0 Å². The minimum absolute atomic E-state index is 0.00148. The fourth-order valence-electron chi connectivity index (χ4n) is 1.08. The lowest BCUT2D eigenvalue weighted by Crippen LogP contribution is -2.20. The lowest BCUT2D eigenvalue weighted by molar-refractivity contribution is -0.119. The van der Waals surface area contributed by atoms with E-state index < -0.39 is 25.2 Å². The van der Waals surface area contributed by atoms with Gasteiger partial charge in [0, 0.05) is 11.6 Å². The highest BCUT2D eigenvalue weighted by molar-refractivity contribution is 6.35. The fraction of sp³-hybridized carbons (Fsp3) is 0.100. The molecule has 1 aromatic rings. The Morgan fingerprint density at radius 1 is 1.17 bits per heavy atom. The summed E-state index contributed by atoms with van der Waals surface area (Å²) in [6, 6.07) is 6.94. The Balaban J connectivity index is 2.99. The Hall–Kier alpha value is -1.86. The Bertz CT molecular complexity index is 441. The maximum Gasteiger partial charge on any atom is 0.796 e. The van der Waals surface area contributed by atoms with Gasteiger partial charge in [-0.15, -0.1) is 0 Å². The highest BCUT2D eigenvalue weighted by atomic mass is 19.4. The van der Waals surface area contributed by atoms with E-state index in [1.807, 2.05) is 0 Å². The van der Waals surface area contributed by atoms with Crippen LogP contribution >= 0.6 is 0 Å². The second-order valence-electron chi connectivity index (χ2n) is 3.12. The zero-order valence-electron chi connectivity index (χ0n) is 8.75. The van der Waals surface area contributed by atoms with Gasteiger partial charge in [-0.1, -0.05) is 30.3 Å². The molecule has 1 rings (SSSR count).